The summed E-state index contributed by atoms with van der Waals surface area (Å²) in [6, 6.07) is 4.19. The molecule has 0 radical (unpaired) electrons. The van der Waals surface area contributed by atoms with E-state index in [1.165, 1.54) is 24.3 Å². The number of rotatable bonds is 7. The molecule has 1 N–H and O–H groups in total. The van der Waals surface area contributed by atoms with Gasteiger partial charge in [-0.15, -0.1) is 0 Å². The van der Waals surface area contributed by atoms with Crippen molar-refractivity contribution in [3.8, 4) is 5.88 Å². The van der Waals surface area contributed by atoms with Crippen molar-refractivity contribution in [2.24, 2.45) is 0 Å². The van der Waals surface area contributed by atoms with E-state index in [9.17, 15) is 28.1 Å². The number of nitrogens with one attached hydrogen (secondary N) is 1. The summed E-state index contributed by atoms with van der Waals surface area (Å²) >= 11 is 11.6. The molecule has 0 fully saturated rings. The number of halogens is 5. The summed E-state index contributed by atoms with van der Waals surface area (Å²) < 4.78 is 42.8. The molecule has 0 unspecified atom stereocenters. The first-order chi connectivity index (χ1) is 13.6. The van der Waals surface area contributed by atoms with Crippen molar-refractivity contribution in [1.82, 2.24) is 10.3 Å². The Labute approximate surface area is 172 Å². The highest BCUT2D eigenvalue weighted by Crippen LogP contribution is 2.33. The number of amides is 1. The Hall–Kier alpha value is -2.85. The van der Waals surface area contributed by atoms with Gasteiger partial charge in [0.05, 0.1) is 21.1 Å². The molecule has 7 nitrogen and oxygen atoms in total. The zero-order chi connectivity index (χ0) is 21.6. The number of nitro benzene ring substituents is 1. The molecule has 0 saturated carbocycles. The average molecular weight is 450 g/mol. The first kappa shape index (κ1) is 22.4. The average Bonchev–Trinajstić information content (AvgIpc) is 2.64. The fraction of sp³-hybridized carbons (Fsp3) is 0.176. The molecule has 0 atom stereocenters. The maximum absolute atomic E-state index is 12.5. The van der Waals surface area contributed by atoms with Crippen molar-refractivity contribution in [2.75, 3.05) is 13.2 Å². The van der Waals surface area contributed by atoms with Crippen LogP contribution >= 0.6 is 23.2 Å². The molecule has 0 bridgehead atoms. The van der Waals surface area contributed by atoms with Crippen LogP contribution in [-0.4, -0.2) is 29.0 Å². The Morgan fingerprint density at radius 3 is 2.59 bits per heavy atom. The van der Waals surface area contributed by atoms with Crippen molar-refractivity contribution in [2.45, 2.75) is 6.18 Å². The van der Waals surface area contributed by atoms with Gasteiger partial charge in [0.15, 0.2) is 0 Å². The minimum Gasteiger partial charge on any atom is -0.472 e. The monoisotopic (exact) mass is 449 g/mol. The lowest BCUT2D eigenvalue weighted by molar-refractivity contribution is -0.384. The molecule has 0 aliphatic heterocycles. The first-order valence-electron chi connectivity index (χ1n) is 7.82. The molecule has 0 aliphatic carbocycles. The molecule has 0 spiro atoms. The molecule has 154 valence electrons. The molecule has 1 amide bonds. The Morgan fingerprint density at radius 1 is 1.24 bits per heavy atom. The lowest BCUT2D eigenvalue weighted by Crippen LogP contribution is -2.23. The number of benzene rings is 1. The van der Waals surface area contributed by atoms with E-state index in [4.69, 9.17) is 27.9 Å². The predicted molar refractivity (Wildman–Crippen MR) is 99.3 cm³/mol. The van der Waals surface area contributed by atoms with E-state index in [0.717, 1.165) is 6.07 Å². The van der Waals surface area contributed by atoms with Crippen LogP contribution in [0.3, 0.4) is 0 Å². The van der Waals surface area contributed by atoms with Gasteiger partial charge >= 0.3 is 6.18 Å². The van der Waals surface area contributed by atoms with Gasteiger partial charge in [-0.2, -0.15) is 13.2 Å². The zero-order valence-corrected chi connectivity index (χ0v) is 15.9. The highest BCUT2D eigenvalue weighted by molar-refractivity contribution is 6.34. The van der Waals surface area contributed by atoms with Crippen molar-refractivity contribution < 1.29 is 27.6 Å². The number of carbonyl (C=O) groups excluding carboxylic acids is 1. The van der Waals surface area contributed by atoms with E-state index < -0.39 is 22.6 Å². The highest BCUT2D eigenvalue weighted by Gasteiger charge is 2.31. The van der Waals surface area contributed by atoms with Crippen molar-refractivity contribution in [3.05, 3.63) is 73.9 Å². The van der Waals surface area contributed by atoms with Gasteiger partial charge < -0.3 is 10.1 Å². The molecule has 29 heavy (non-hydrogen) atoms. The molecule has 1 aromatic heterocycles. The molecule has 0 aliphatic rings. The maximum Gasteiger partial charge on any atom is 0.417 e. The minimum absolute atomic E-state index is 0.0498. The number of alkyl halides is 3. The fourth-order valence-electron chi connectivity index (χ4n) is 2.01. The van der Waals surface area contributed by atoms with Crippen LogP contribution in [0.5, 0.6) is 5.88 Å². The fourth-order valence-corrected chi connectivity index (χ4v) is 2.44. The zero-order valence-electron chi connectivity index (χ0n) is 14.4. The van der Waals surface area contributed by atoms with E-state index in [1.807, 2.05) is 0 Å². The number of nitro groups is 1. The first-order valence-corrected chi connectivity index (χ1v) is 8.58. The maximum atomic E-state index is 12.5. The minimum atomic E-state index is -4.56. The topological polar surface area (TPSA) is 94.4 Å². The van der Waals surface area contributed by atoms with Gasteiger partial charge in [-0.25, -0.2) is 4.98 Å². The molecule has 0 saturated heterocycles. The second-order valence-electron chi connectivity index (χ2n) is 5.42. The Morgan fingerprint density at radius 2 is 1.97 bits per heavy atom. The van der Waals surface area contributed by atoms with Gasteiger partial charge in [-0.05, 0) is 18.2 Å². The Balaban J connectivity index is 1.85. The number of pyridine rings is 1. The third kappa shape index (κ3) is 6.33. The standard InChI is InChI=1S/C17H12Cl2F3N3O4/c18-13-4-3-11(25(27)28)8-12(13)15(26)23-5-1-2-6-29-16-14(19)7-10(9-24-16)17(20,21)22/h1-4,7-9H,5-6H2,(H,23,26)/b2-1+. The molecular weight excluding hydrogens is 438 g/mol. The van der Waals surface area contributed by atoms with E-state index in [0.29, 0.717) is 12.3 Å². The third-order valence-electron chi connectivity index (χ3n) is 3.40. The van der Waals surface area contributed by atoms with Crippen LogP contribution in [0.25, 0.3) is 0 Å². The summed E-state index contributed by atoms with van der Waals surface area (Å²) in [5, 5.41) is 13.0. The number of hydrogen-bond donors (Lipinski definition) is 1. The molecule has 2 rings (SSSR count). The van der Waals surface area contributed by atoms with Gasteiger partial charge in [0.2, 0.25) is 5.88 Å². The number of aromatic nitrogens is 1. The van der Waals surface area contributed by atoms with Crippen molar-refractivity contribution in [1.29, 1.82) is 0 Å². The number of nitrogens with zero attached hydrogens (tertiary/aromatic N) is 2. The van der Waals surface area contributed by atoms with Crippen LogP contribution in [0, 0.1) is 10.1 Å². The van der Waals surface area contributed by atoms with Crippen molar-refractivity contribution in [3.63, 3.8) is 0 Å². The van der Waals surface area contributed by atoms with Crippen LogP contribution < -0.4 is 10.1 Å². The quantitative estimate of drug-likeness (QED) is 0.376. The van der Waals surface area contributed by atoms with Crippen LogP contribution in [0.4, 0.5) is 18.9 Å². The summed E-state index contributed by atoms with van der Waals surface area (Å²) in [5.41, 5.74) is -1.32. The summed E-state index contributed by atoms with van der Waals surface area (Å²) in [6.45, 7) is -0.0130. The summed E-state index contributed by atoms with van der Waals surface area (Å²) in [6.07, 6.45) is -0.977. The lowest BCUT2D eigenvalue weighted by Gasteiger charge is -2.09. The highest BCUT2D eigenvalue weighted by atomic mass is 35.5. The molecular formula is C17H12Cl2F3N3O4. The van der Waals surface area contributed by atoms with Crippen LogP contribution in [0.2, 0.25) is 10.0 Å². The van der Waals surface area contributed by atoms with Gasteiger partial charge in [0.1, 0.15) is 11.6 Å². The molecule has 1 heterocycles. The second-order valence-corrected chi connectivity index (χ2v) is 6.24. The van der Waals surface area contributed by atoms with E-state index in [1.54, 1.807) is 0 Å². The second kappa shape index (κ2) is 9.57. The molecule has 2 aromatic rings. The van der Waals surface area contributed by atoms with E-state index in [-0.39, 0.29) is 40.3 Å². The van der Waals surface area contributed by atoms with Crippen molar-refractivity contribution >= 4 is 34.8 Å². The molecule has 12 heteroatoms. The normalized spacial score (nSPS) is 11.5. The third-order valence-corrected chi connectivity index (χ3v) is 4.00. The van der Waals surface area contributed by atoms with E-state index in [2.05, 4.69) is 10.3 Å². The predicted octanol–water partition coefficient (Wildman–Crippen LogP) is 4.68. The largest absolute Gasteiger partial charge is 0.472 e. The number of hydrogen-bond acceptors (Lipinski definition) is 5. The smallest absolute Gasteiger partial charge is 0.417 e. The van der Waals surface area contributed by atoms with Gasteiger partial charge in [0.25, 0.3) is 11.6 Å². The van der Waals surface area contributed by atoms with Crippen LogP contribution in [0.1, 0.15) is 15.9 Å². The summed E-state index contributed by atoms with van der Waals surface area (Å²) in [4.78, 5) is 25.7. The van der Waals surface area contributed by atoms with Gasteiger partial charge in [-0.1, -0.05) is 29.3 Å². The van der Waals surface area contributed by atoms with Crippen LogP contribution in [0.15, 0.2) is 42.6 Å². The number of carbonyl (C=O) groups is 1. The SMILES string of the molecule is O=C(NC/C=C/COc1ncc(C(F)(F)F)cc1Cl)c1cc([N+](=O)[O-])ccc1Cl. The van der Waals surface area contributed by atoms with Crippen LogP contribution in [-0.2, 0) is 6.18 Å². The number of non-ortho nitro benzene ring substituents is 1. The summed E-state index contributed by atoms with van der Waals surface area (Å²) in [5.74, 6) is -0.784. The lowest BCUT2D eigenvalue weighted by atomic mass is 10.2. The van der Waals surface area contributed by atoms with E-state index >= 15 is 0 Å². The Kier molecular flexibility index (Phi) is 7.40. The van der Waals surface area contributed by atoms with Gasteiger partial charge in [-0.3, -0.25) is 14.9 Å². The summed E-state index contributed by atoms with van der Waals surface area (Å²) in [7, 11) is 0. The Bertz CT molecular complexity index is 952. The number of ether oxygens (including phenoxy) is 1. The molecule has 1 aromatic carbocycles. The van der Waals surface area contributed by atoms with Gasteiger partial charge in [0, 0.05) is 24.9 Å².